The van der Waals surface area contributed by atoms with Crippen LogP contribution in [0.5, 0.6) is 0 Å². The second kappa shape index (κ2) is 6.46. The number of hydrogen-bond acceptors (Lipinski definition) is 4. The number of H-pyrrole nitrogens is 1. The van der Waals surface area contributed by atoms with Crippen molar-refractivity contribution < 1.29 is 9.90 Å². The number of imidazole rings is 1. The molecule has 1 aliphatic heterocycles. The van der Waals surface area contributed by atoms with Gasteiger partial charge in [-0.1, -0.05) is 12.1 Å². The van der Waals surface area contributed by atoms with Crippen molar-refractivity contribution in [2.45, 2.75) is 25.9 Å². The van der Waals surface area contributed by atoms with Crippen molar-refractivity contribution in [2.24, 2.45) is 5.92 Å². The van der Waals surface area contributed by atoms with E-state index in [0.717, 1.165) is 29.0 Å². The number of para-hydroxylation sites is 1. The molecule has 0 saturated carbocycles. The maximum atomic E-state index is 11.9. The van der Waals surface area contributed by atoms with E-state index in [9.17, 15) is 9.90 Å². The molecule has 2 unspecified atom stereocenters. The van der Waals surface area contributed by atoms with Gasteiger partial charge in [-0.05, 0) is 18.6 Å². The summed E-state index contributed by atoms with van der Waals surface area (Å²) >= 11 is 0. The Morgan fingerprint density at radius 1 is 1.45 bits per heavy atom. The third-order valence-corrected chi connectivity index (χ3v) is 4.22. The lowest BCUT2D eigenvalue weighted by Gasteiger charge is -2.13. The van der Waals surface area contributed by atoms with Gasteiger partial charge in [0.2, 0.25) is 5.91 Å². The highest BCUT2D eigenvalue weighted by Crippen LogP contribution is 2.16. The number of benzene rings is 1. The molecule has 1 aromatic heterocycles. The van der Waals surface area contributed by atoms with E-state index in [-0.39, 0.29) is 17.9 Å². The van der Waals surface area contributed by atoms with Gasteiger partial charge in [0.15, 0.2) is 0 Å². The fourth-order valence-electron chi connectivity index (χ4n) is 2.84. The second-order valence-electron chi connectivity index (χ2n) is 5.94. The maximum absolute atomic E-state index is 11.9. The molecule has 0 aliphatic carbocycles. The van der Waals surface area contributed by atoms with Gasteiger partial charge >= 0.3 is 0 Å². The number of aromatic nitrogens is 2. The zero-order valence-electron chi connectivity index (χ0n) is 12.7. The van der Waals surface area contributed by atoms with Crippen LogP contribution in [0.3, 0.4) is 0 Å². The number of nitrogens with one attached hydrogen (secondary N) is 3. The Kier molecular flexibility index (Phi) is 4.40. The lowest BCUT2D eigenvalue weighted by Crippen LogP contribution is -2.34. The number of rotatable bonds is 5. The molecule has 118 valence electrons. The Morgan fingerprint density at radius 2 is 2.32 bits per heavy atom. The molecule has 0 spiro atoms. The Labute approximate surface area is 129 Å². The Hall–Kier alpha value is -1.92. The normalized spacial score (nSPS) is 21.4. The van der Waals surface area contributed by atoms with E-state index >= 15 is 0 Å². The number of fused-ring (bicyclic) bond motifs is 1. The zero-order valence-corrected chi connectivity index (χ0v) is 12.7. The van der Waals surface area contributed by atoms with Crippen LogP contribution in [-0.4, -0.2) is 46.7 Å². The number of aromatic amines is 1. The standard InChI is InChI=1S/C16H22N4O2/c1-10-3-2-4-12-16(10)20-14(19-12)5-6-15(22)18-8-11-7-17-9-13(11)21/h2-4,11,13,17,21H,5-9H2,1H3,(H,18,22)(H,19,20). The quantitative estimate of drug-likeness (QED) is 0.647. The number of amides is 1. The Bertz CT molecular complexity index is 667. The molecule has 0 bridgehead atoms. The van der Waals surface area contributed by atoms with E-state index < -0.39 is 0 Å². The molecular weight excluding hydrogens is 280 g/mol. The fraction of sp³-hybridized carbons (Fsp3) is 0.500. The molecule has 22 heavy (non-hydrogen) atoms. The lowest BCUT2D eigenvalue weighted by molar-refractivity contribution is -0.121. The molecule has 1 amide bonds. The van der Waals surface area contributed by atoms with Gasteiger partial charge in [0.05, 0.1) is 17.1 Å². The highest BCUT2D eigenvalue weighted by molar-refractivity contribution is 5.79. The SMILES string of the molecule is Cc1cccc2[nH]c(CCC(=O)NCC3CNCC3O)nc12. The van der Waals surface area contributed by atoms with Crippen LogP contribution in [0.25, 0.3) is 11.0 Å². The van der Waals surface area contributed by atoms with Gasteiger partial charge in [-0.15, -0.1) is 0 Å². The molecule has 1 fully saturated rings. The monoisotopic (exact) mass is 302 g/mol. The van der Waals surface area contributed by atoms with E-state index in [1.165, 1.54) is 0 Å². The molecule has 6 heteroatoms. The first-order valence-corrected chi connectivity index (χ1v) is 7.73. The first-order chi connectivity index (χ1) is 10.6. The van der Waals surface area contributed by atoms with Crippen LogP contribution in [0, 0.1) is 12.8 Å². The molecule has 2 atom stereocenters. The number of nitrogens with zero attached hydrogens (tertiary/aromatic N) is 1. The van der Waals surface area contributed by atoms with Crippen LogP contribution >= 0.6 is 0 Å². The summed E-state index contributed by atoms with van der Waals surface area (Å²) in [7, 11) is 0. The lowest BCUT2D eigenvalue weighted by atomic mass is 10.1. The molecule has 0 radical (unpaired) electrons. The minimum absolute atomic E-state index is 0.00345. The summed E-state index contributed by atoms with van der Waals surface area (Å²) in [4.78, 5) is 19.7. The van der Waals surface area contributed by atoms with Crippen LogP contribution in [0.2, 0.25) is 0 Å². The van der Waals surface area contributed by atoms with Crippen LogP contribution in [0.15, 0.2) is 18.2 Å². The maximum Gasteiger partial charge on any atom is 0.220 e. The van der Waals surface area contributed by atoms with Gasteiger partial charge in [-0.2, -0.15) is 0 Å². The molecule has 1 aliphatic rings. The number of aliphatic hydroxyl groups excluding tert-OH is 1. The van der Waals surface area contributed by atoms with Crippen molar-refractivity contribution in [2.75, 3.05) is 19.6 Å². The molecule has 2 aromatic rings. The van der Waals surface area contributed by atoms with E-state index in [1.807, 2.05) is 25.1 Å². The van der Waals surface area contributed by atoms with Crippen LogP contribution in [0.4, 0.5) is 0 Å². The van der Waals surface area contributed by atoms with E-state index in [2.05, 4.69) is 20.6 Å². The molecular formula is C16H22N4O2. The first-order valence-electron chi connectivity index (χ1n) is 7.73. The number of hydrogen-bond donors (Lipinski definition) is 4. The Balaban J connectivity index is 1.50. The second-order valence-corrected chi connectivity index (χ2v) is 5.94. The highest BCUT2D eigenvalue weighted by Gasteiger charge is 2.24. The predicted octanol–water partition coefficient (Wildman–Crippen LogP) is 0.500. The van der Waals surface area contributed by atoms with Gasteiger partial charge in [-0.3, -0.25) is 4.79 Å². The molecule has 6 nitrogen and oxygen atoms in total. The van der Waals surface area contributed by atoms with Gasteiger partial charge < -0.3 is 20.7 Å². The van der Waals surface area contributed by atoms with Crippen LogP contribution in [-0.2, 0) is 11.2 Å². The van der Waals surface area contributed by atoms with Crippen LogP contribution in [0.1, 0.15) is 17.8 Å². The van der Waals surface area contributed by atoms with Crippen molar-refractivity contribution >= 4 is 16.9 Å². The summed E-state index contributed by atoms with van der Waals surface area (Å²) in [5, 5.41) is 15.7. The minimum Gasteiger partial charge on any atom is -0.391 e. The van der Waals surface area contributed by atoms with Crippen molar-refractivity contribution in [3.8, 4) is 0 Å². The van der Waals surface area contributed by atoms with Gasteiger partial charge in [0.1, 0.15) is 5.82 Å². The van der Waals surface area contributed by atoms with Crippen molar-refractivity contribution in [3.63, 3.8) is 0 Å². The Morgan fingerprint density at radius 3 is 3.05 bits per heavy atom. The number of aliphatic hydroxyl groups is 1. The fourth-order valence-corrected chi connectivity index (χ4v) is 2.84. The number of carbonyl (C=O) groups excluding carboxylic acids is 1. The molecule has 3 rings (SSSR count). The summed E-state index contributed by atoms with van der Waals surface area (Å²) in [5.74, 6) is 0.941. The molecule has 2 heterocycles. The third kappa shape index (κ3) is 3.28. The van der Waals surface area contributed by atoms with Gasteiger partial charge in [0.25, 0.3) is 0 Å². The van der Waals surface area contributed by atoms with Crippen molar-refractivity contribution in [1.29, 1.82) is 0 Å². The summed E-state index contributed by atoms with van der Waals surface area (Å²) in [5.41, 5.74) is 3.11. The summed E-state index contributed by atoms with van der Waals surface area (Å²) in [6.45, 7) is 3.91. The number of carbonyl (C=O) groups is 1. The average molecular weight is 302 g/mol. The zero-order chi connectivity index (χ0) is 15.5. The van der Waals surface area contributed by atoms with E-state index in [4.69, 9.17) is 0 Å². The average Bonchev–Trinajstić information content (AvgIpc) is 3.10. The first kappa shape index (κ1) is 15.0. The minimum atomic E-state index is -0.362. The van der Waals surface area contributed by atoms with E-state index in [0.29, 0.717) is 25.9 Å². The van der Waals surface area contributed by atoms with Crippen molar-refractivity contribution in [3.05, 3.63) is 29.6 Å². The molecule has 1 saturated heterocycles. The highest BCUT2D eigenvalue weighted by atomic mass is 16.3. The summed E-state index contributed by atoms with van der Waals surface area (Å²) in [6, 6.07) is 6.02. The topological polar surface area (TPSA) is 90.0 Å². The number of β-amino-alcohol motifs (C(OH)–C–C–N with tert-alkyl or cyclic N) is 1. The van der Waals surface area contributed by atoms with Gasteiger partial charge in [-0.25, -0.2) is 4.98 Å². The third-order valence-electron chi connectivity index (χ3n) is 4.22. The van der Waals surface area contributed by atoms with E-state index in [1.54, 1.807) is 0 Å². The molecule has 1 aromatic carbocycles. The van der Waals surface area contributed by atoms with Gasteiger partial charge in [0, 0.05) is 38.4 Å². The largest absolute Gasteiger partial charge is 0.391 e. The van der Waals surface area contributed by atoms with Crippen molar-refractivity contribution in [1.82, 2.24) is 20.6 Å². The van der Waals surface area contributed by atoms with Crippen LogP contribution < -0.4 is 10.6 Å². The summed E-state index contributed by atoms with van der Waals surface area (Å²) in [6.07, 6.45) is 0.624. The molecule has 4 N–H and O–H groups in total. The summed E-state index contributed by atoms with van der Waals surface area (Å²) < 4.78 is 0. The predicted molar refractivity (Wildman–Crippen MR) is 84.5 cm³/mol. The number of aryl methyl sites for hydroxylation is 2. The smallest absolute Gasteiger partial charge is 0.220 e.